The lowest BCUT2D eigenvalue weighted by Gasteiger charge is -2.11. The molecule has 2 rings (SSSR count). The van der Waals surface area contributed by atoms with Crippen LogP contribution in [0.2, 0.25) is 0 Å². The van der Waals surface area contributed by atoms with E-state index in [1.165, 1.54) is 0 Å². The van der Waals surface area contributed by atoms with Gasteiger partial charge in [-0.3, -0.25) is 9.59 Å². The second-order valence-corrected chi connectivity index (χ2v) is 5.42. The molecule has 0 aliphatic rings. The van der Waals surface area contributed by atoms with Crippen molar-refractivity contribution in [1.82, 2.24) is 5.32 Å². The third kappa shape index (κ3) is 4.05. The number of para-hydroxylation sites is 1. The third-order valence-electron chi connectivity index (χ3n) is 2.93. The van der Waals surface area contributed by atoms with E-state index in [1.807, 2.05) is 0 Å². The van der Waals surface area contributed by atoms with Gasteiger partial charge in [0.25, 0.3) is 11.8 Å². The Morgan fingerprint density at radius 1 is 1.05 bits per heavy atom. The van der Waals surface area contributed by atoms with Crippen LogP contribution in [0.3, 0.4) is 0 Å². The minimum Gasteiger partial charge on any atom is -0.349 e. The Kier molecular flexibility index (Phi) is 5.49. The van der Waals surface area contributed by atoms with Gasteiger partial charge in [0.15, 0.2) is 0 Å². The van der Waals surface area contributed by atoms with Crippen molar-refractivity contribution in [3.63, 3.8) is 0 Å². The number of benzene rings is 2. The summed E-state index contributed by atoms with van der Waals surface area (Å²) in [7, 11) is 0. The van der Waals surface area contributed by atoms with Gasteiger partial charge in [0.2, 0.25) is 0 Å². The molecule has 0 saturated heterocycles. The Bertz CT molecular complexity index is 696. The molecule has 22 heavy (non-hydrogen) atoms. The molecule has 0 bridgehead atoms. The monoisotopic (exact) mass is 358 g/mol. The van der Waals surface area contributed by atoms with E-state index in [1.54, 1.807) is 54.6 Å². The van der Waals surface area contributed by atoms with Gasteiger partial charge in [-0.1, -0.05) is 34.1 Å². The summed E-state index contributed by atoms with van der Waals surface area (Å²) >= 11 is 3.32. The summed E-state index contributed by atoms with van der Waals surface area (Å²) in [5, 5.41) is 5.46. The molecule has 0 aliphatic carbocycles. The van der Waals surface area contributed by atoms with Gasteiger partial charge in [-0.15, -0.1) is 6.58 Å². The second kappa shape index (κ2) is 7.56. The molecule has 0 unspecified atom stereocenters. The molecule has 4 nitrogen and oxygen atoms in total. The van der Waals surface area contributed by atoms with Crippen molar-refractivity contribution in [3.05, 3.63) is 76.8 Å². The Balaban J connectivity index is 2.18. The van der Waals surface area contributed by atoms with Gasteiger partial charge in [-0.05, 0) is 36.4 Å². The fraction of sp³-hybridized carbons (Fsp3) is 0.0588. The molecule has 0 aromatic heterocycles. The van der Waals surface area contributed by atoms with Crippen LogP contribution >= 0.6 is 15.9 Å². The van der Waals surface area contributed by atoms with Crippen molar-refractivity contribution < 1.29 is 9.59 Å². The highest BCUT2D eigenvalue weighted by Crippen LogP contribution is 2.17. The van der Waals surface area contributed by atoms with E-state index in [0.29, 0.717) is 23.4 Å². The molecule has 0 saturated carbocycles. The van der Waals surface area contributed by atoms with Crippen molar-refractivity contribution in [3.8, 4) is 0 Å². The van der Waals surface area contributed by atoms with E-state index in [4.69, 9.17) is 0 Å². The van der Waals surface area contributed by atoms with Crippen LogP contribution < -0.4 is 10.6 Å². The number of carbonyl (C=O) groups excluding carboxylic acids is 2. The van der Waals surface area contributed by atoms with Crippen molar-refractivity contribution in [2.24, 2.45) is 0 Å². The molecule has 112 valence electrons. The van der Waals surface area contributed by atoms with Gasteiger partial charge in [-0.25, -0.2) is 0 Å². The summed E-state index contributed by atoms with van der Waals surface area (Å²) in [5.41, 5.74) is 1.40. The molecular formula is C17H15BrN2O2. The minimum atomic E-state index is -0.267. The lowest BCUT2D eigenvalue weighted by atomic mass is 10.1. The van der Waals surface area contributed by atoms with Crippen molar-refractivity contribution in [2.75, 3.05) is 11.9 Å². The van der Waals surface area contributed by atoms with Crippen LogP contribution in [0, 0.1) is 0 Å². The molecule has 0 heterocycles. The summed E-state index contributed by atoms with van der Waals surface area (Å²) in [4.78, 5) is 24.3. The molecule has 5 heteroatoms. The lowest BCUT2D eigenvalue weighted by Crippen LogP contribution is -2.25. The SMILES string of the molecule is C=CCNC(=O)c1ccccc1NC(=O)c1ccc(Br)cc1. The number of amides is 2. The number of hydrogen-bond donors (Lipinski definition) is 2. The first-order valence-corrected chi connectivity index (χ1v) is 7.46. The van der Waals surface area contributed by atoms with Gasteiger partial charge in [-0.2, -0.15) is 0 Å². The maximum absolute atomic E-state index is 12.2. The van der Waals surface area contributed by atoms with E-state index in [-0.39, 0.29) is 11.8 Å². The number of halogens is 1. The molecule has 0 aliphatic heterocycles. The van der Waals surface area contributed by atoms with Gasteiger partial charge in [0.05, 0.1) is 11.3 Å². The standard InChI is InChI=1S/C17H15BrN2O2/c1-2-11-19-17(22)14-5-3-4-6-15(14)20-16(21)12-7-9-13(18)10-8-12/h2-10H,1,11H2,(H,19,22)(H,20,21). The van der Waals surface area contributed by atoms with Crippen molar-refractivity contribution in [2.45, 2.75) is 0 Å². The summed E-state index contributed by atoms with van der Waals surface area (Å²) in [6, 6.07) is 13.9. The van der Waals surface area contributed by atoms with E-state index >= 15 is 0 Å². The van der Waals surface area contributed by atoms with E-state index in [9.17, 15) is 9.59 Å². The van der Waals surface area contributed by atoms with Gasteiger partial charge >= 0.3 is 0 Å². The normalized spacial score (nSPS) is 9.86. The minimum absolute atomic E-state index is 0.258. The maximum atomic E-state index is 12.2. The van der Waals surface area contributed by atoms with Crippen molar-refractivity contribution in [1.29, 1.82) is 0 Å². The average Bonchev–Trinajstić information content (AvgIpc) is 2.53. The van der Waals surface area contributed by atoms with Gasteiger partial charge < -0.3 is 10.6 Å². The fourth-order valence-corrected chi connectivity index (χ4v) is 2.11. The van der Waals surface area contributed by atoms with Gasteiger partial charge in [0.1, 0.15) is 0 Å². The molecular weight excluding hydrogens is 344 g/mol. The lowest BCUT2D eigenvalue weighted by molar-refractivity contribution is 0.0959. The molecule has 2 aromatic rings. The highest BCUT2D eigenvalue weighted by atomic mass is 79.9. The number of rotatable bonds is 5. The molecule has 2 amide bonds. The Morgan fingerprint density at radius 3 is 2.41 bits per heavy atom. The van der Waals surface area contributed by atoms with Gasteiger partial charge in [0, 0.05) is 16.6 Å². The highest BCUT2D eigenvalue weighted by Gasteiger charge is 2.13. The van der Waals surface area contributed by atoms with E-state index < -0.39 is 0 Å². The van der Waals surface area contributed by atoms with E-state index in [2.05, 4.69) is 33.1 Å². The van der Waals surface area contributed by atoms with Crippen LogP contribution in [0.4, 0.5) is 5.69 Å². The molecule has 0 spiro atoms. The topological polar surface area (TPSA) is 58.2 Å². The fourth-order valence-electron chi connectivity index (χ4n) is 1.85. The van der Waals surface area contributed by atoms with Crippen LogP contribution in [0.15, 0.2) is 65.7 Å². The van der Waals surface area contributed by atoms with Crippen LogP contribution in [0.5, 0.6) is 0 Å². The molecule has 2 N–H and O–H groups in total. The average molecular weight is 359 g/mol. The molecule has 2 aromatic carbocycles. The summed E-state index contributed by atoms with van der Waals surface area (Å²) in [6.07, 6.45) is 1.60. The first kappa shape index (κ1) is 16.0. The zero-order chi connectivity index (χ0) is 15.9. The molecule has 0 fully saturated rings. The van der Waals surface area contributed by atoms with Crippen LogP contribution in [0.25, 0.3) is 0 Å². The number of carbonyl (C=O) groups is 2. The third-order valence-corrected chi connectivity index (χ3v) is 3.46. The Labute approximate surface area is 137 Å². The zero-order valence-electron chi connectivity index (χ0n) is 11.8. The first-order chi connectivity index (χ1) is 10.6. The first-order valence-electron chi connectivity index (χ1n) is 6.67. The quantitative estimate of drug-likeness (QED) is 0.802. The zero-order valence-corrected chi connectivity index (χ0v) is 13.4. The summed E-state index contributed by atoms with van der Waals surface area (Å²) in [5.74, 6) is -0.525. The van der Waals surface area contributed by atoms with Crippen molar-refractivity contribution >= 4 is 33.4 Å². The number of hydrogen-bond acceptors (Lipinski definition) is 2. The smallest absolute Gasteiger partial charge is 0.255 e. The van der Waals surface area contributed by atoms with E-state index in [0.717, 1.165) is 4.47 Å². The summed E-state index contributed by atoms with van der Waals surface area (Å²) < 4.78 is 0.897. The maximum Gasteiger partial charge on any atom is 0.255 e. The summed E-state index contributed by atoms with van der Waals surface area (Å²) in [6.45, 7) is 3.92. The predicted octanol–water partition coefficient (Wildman–Crippen LogP) is 3.62. The Hall–Kier alpha value is -2.40. The van der Waals surface area contributed by atoms with Crippen LogP contribution in [-0.2, 0) is 0 Å². The molecule has 0 radical (unpaired) electrons. The second-order valence-electron chi connectivity index (χ2n) is 4.51. The van der Waals surface area contributed by atoms with Crippen LogP contribution in [-0.4, -0.2) is 18.4 Å². The van der Waals surface area contributed by atoms with Crippen LogP contribution in [0.1, 0.15) is 20.7 Å². The number of anilines is 1. The molecule has 0 atom stereocenters. The highest BCUT2D eigenvalue weighted by molar-refractivity contribution is 9.10. The number of nitrogens with one attached hydrogen (secondary N) is 2. The predicted molar refractivity (Wildman–Crippen MR) is 91.1 cm³/mol. The largest absolute Gasteiger partial charge is 0.349 e. The Morgan fingerprint density at radius 2 is 1.73 bits per heavy atom.